The molecule has 7 heteroatoms. The molecule has 2 rings (SSSR count). The molecule has 1 aromatic rings. The third-order valence-corrected chi connectivity index (χ3v) is 4.04. The molecule has 7 nitrogen and oxygen atoms in total. The molecule has 0 aromatic heterocycles. The molecule has 1 atom stereocenters. The van der Waals surface area contributed by atoms with Gasteiger partial charge in [0.1, 0.15) is 12.2 Å². The van der Waals surface area contributed by atoms with E-state index in [1.807, 2.05) is 51.1 Å². The Morgan fingerprint density at radius 2 is 1.85 bits per heavy atom. The Morgan fingerprint density at radius 3 is 2.46 bits per heavy atom. The third-order valence-electron chi connectivity index (χ3n) is 4.04. The largest absolute Gasteiger partial charge is 0.445 e. The summed E-state index contributed by atoms with van der Waals surface area (Å²) in [4.78, 5) is 27.9. The molecule has 1 heterocycles. The zero-order valence-corrected chi connectivity index (χ0v) is 15.7. The van der Waals surface area contributed by atoms with E-state index in [4.69, 9.17) is 9.47 Å². The maximum atomic E-state index is 12.4. The Balaban J connectivity index is 1.93. The summed E-state index contributed by atoms with van der Waals surface area (Å²) in [5.74, 6) is 0. The van der Waals surface area contributed by atoms with Crippen LogP contribution in [0.2, 0.25) is 0 Å². The predicted octanol–water partition coefficient (Wildman–Crippen LogP) is 2.63. The average Bonchev–Trinajstić information content (AvgIpc) is 2.59. The van der Waals surface area contributed by atoms with Gasteiger partial charge in [-0.3, -0.25) is 0 Å². The first kappa shape index (κ1) is 20.0. The quantitative estimate of drug-likeness (QED) is 0.888. The second-order valence-electron chi connectivity index (χ2n) is 7.33. The summed E-state index contributed by atoms with van der Waals surface area (Å²) in [6.07, 6.45) is -0.462. The highest BCUT2D eigenvalue weighted by Gasteiger charge is 2.35. The second kappa shape index (κ2) is 8.89. The first-order valence-electron chi connectivity index (χ1n) is 8.86. The number of rotatable bonds is 4. The van der Waals surface area contributed by atoms with E-state index in [1.54, 1.807) is 9.80 Å². The fraction of sp³-hybridized carbons (Fsp3) is 0.579. The highest BCUT2D eigenvalue weighted by atomic mass is 16.6. The van der Waals surface area contributed by atoms with Gasteiger partial charge >= 0.3 is 12.2 Å². The van der Waals surface area contributed by atoms with E-state index in [2.05, 4.69) is 0 Å². The maximum Gasteiger partial charge on any atom is 0.410 e. The van der Waals surface area contributed by atoms with Gasteiger partial charge in [-0.1, -0.05) is 30.3 Å². The van der Waals surface area contributed by atoms with Gasteiger partial charge < -0.3 is 24.4 Å². The maximum absolute atomic E-state index is 12.4. The van der Waals surface area contributed by atoms with Crippen molar-refractivity contribution >= 4 is 12.2 Å². The number of hydrogen-bond donors (Lipinski definition) is 1. The number of nitrogens with zero attached hydrogens (tertiary/aromatic N) is 2. The molecular formula is C19H28N2O5. The topological polar surface area (TPSA) is 79.3 Å². The molecule has 144 valence electrons. The van der Waals surface area contributed by atoms with Crippen LogP contribution < -0.4 is 0 Å². The minimum Gasteiger partial charge on any atom is -0.445 e. The SMILES string of the molecule is CC(C)(C)OC(=O)N1CCN(C(=O)OCc2ccccc2)C[C@@H]1CCO. The van der Waals surface area contributed by atoms with Gasteiger partial charge in [-0.05, 0) is 32.8 Å². The summed E-state index contributed by atoms with van der Waals surface area (Å²) in [5.41, 5.74) is 0.326. The Kier molecular flexibility index (Phi) is 6.85. The van der Waals surface area contributed by atoms with Crippen molar-refractivity contribution in [1.82, 2.24) is 9.80 Å². The lowest BCUT2D eigenvalue weighted by Gasteiger charge is -2.41. The molecule has 1 fully saturated rings. The van der Waals surface area contributed by atoms with Crippen molar-refractivity contribution in [3.05, 3.63) is 35.9 Å². The van der Waals surface area contributed by atoms with Crippen LogP contribution in [0, 0.1) is 0 Å². The lowest BCUT2D eigenvalue weighted by Crippen LogP contribution is -2.57. The van der Waals surface area contributed by atoms with Gasteiger partial charge in [-0.25, -0.2) is 9.59 Å². The molecule has 2 amide bonds. The van der Waals surface area contributed by atoms with Crippen LogP contribution in [0.5, 0.6) is 0 Å². The smallest absolute Gasteiger partial charge is 0.410 e. The number of benzene rings is 1. The molecule has 0 bridgehead atoms. The summed E-state index contributed by atoms with van der Waals surface area (Å²) in [6, 6.07) is 9.17. The molecule has 0 aliphatic carbocycles. The Labute approximate surface area is 154 Å². The number of aliphatic hydroxyl groups excluding tert-OH is 1. The van der Waals surface area contributed by atoms with E-state index in [0.29, 0.717) is 26.1 Å². The van der Waals surface area contributed by atoms with Crippen molar-refractivity contribution in [2.75, 3.05) is 26.2 Å². The molecule has 1 aliphatic rings. The lowest BCUT2D eigenvalue weighted by molar-refractivity contribution is -0.00661. The van der Waals surface area contributed by atoms with Crippen LogP contribution in [-0.2, 0) is 16.1 Å². The fourth-order valence-electron chi connectivity index (χ4n) is 2.79. The van der Waals surface area contributed by atoms with E-state index >= 15 is 0 Å². The number of piperazine rings is 1. The zero-order chi connectivity index (χ0) is 19.2. The Hall–Kier alpha value is -2.28. The van der Waals surface area contributed by atoms with Gasteiger partial charge in [0.05, 0.1) is 6.04 Å². The molecule has 1 aromatic carbocycles. The minimum absolute atomic E-state index is 0.0726. The number of carbonyl (C=O) groups excluding carboxylic acids is 2. The van der Waals surface area contributed by atoms with E-state index in [1.165, 1.54) is 0 Å². The monoisotopic (exact) mass is 364 g/mol. The number of amides is 2. The van der Waals surface area contributed by atoms with Gasteiger partial charge in [-0.2, -0.15) is 0 Å². The lowest BCUT2D eigenvalue weighted by atomic mass is 10.1. The van der Waals surface area contributed by atoms with Crippen molar-refractivity contribution in [3.8, 4) is 0 Å². The van der Waals surface area contributed by atoms with Crippen LogP contribution in [0.3, 0.4) is 0 Å². The Bertz CT molecular complexity index is 600. The number of ether oxygens (including phenoxy) is 2. The molecule has 0 spiro atoms. The summed E-state index contributed by atoms with van der Waals surface area (Å²) >= 11 is 0. The van der Waals surface area contributed by atoms with Gasteiger partial charge in [0.15, 0.2) is 0 Å². The van der Waals surface area contributed by atoms with Crippen LogP contribution in [0.4, 0.5) is 9.59 Å². The number of hydrogen-bond acceptors (Lipinski definition) is 5. The Morgan fingerprint density at radius 1 is 1.15 bits per heavy atom. The van der Waals surface area contributed by atoms with Gasteiger partial charge in [0.2, 0.25) is 0 Å². The van der Waals surface area contributed by atoms with E-state index in [-0.39, 0.29) is 19.3 Å². The minimum atomic E-state index is -0.591. The summed E-state index contributed by atoms with van der Waals surface area (Å²) < 4.78 is 10.8. The zero-order valence-electron chi connectivity index (χ0n) is 15.7. The van der Waals surface area contributed by atoms with Crippen molar-refractivity contribution in [1.29, 1.82) is 0 Å². The molecule has 26 heavy (non-hydrogen) atoms. The summed E-state index contributed by atoms with van der Waals surface area (Å²) in [5, 5.41) is 9.31. The van der Waals surface area contributed by atoms with Crippen molar-refractivity contribution in [3.63, 3.8) is 0 Å². The molecule has 1 saturated heterocycles. The van der Waals surface area contributed by atoms with Gasteiger partial charge in [0.25, 0.3) is 0 Å². The van der Waals surface area contributed by atoms with Gasteiger partial charge in [-0.15, -0.1) is 0 Å². The first-order chi connectivity index (χ1) is 12.3. The predicted molar refractivity (Wildman–Crippen MR) is 96.6 cm³/mol. The summed E-state index contributed by atoms with van der Waals surface area (Å²) in [7, 11) is 0. The van der Waals surface area contributed by atoms with Crippen LogP contribution in [-0.4, -0.2) is 65.0 Å². The molecule has 0 saturated carbocycles. The highest BCUT2D eigenvalue weighted by molar-refractivity contribution is 5.71. The van der Waals surface area contributed by atoms with Crippen LogP contribution in [0.1, 0.15) is 32.8 Å². The molecule has 0 unspecified atom stereocenters. The standard InChI is InChI=1S/C19H28N2O5/c1-19(2,3)26-18(24)21-11-10-20(13-16(21)9-12-22)17(23)25-14-15-7-5-4-6-8-15/h4-8,16,22H,9-14H2,1-3H3/t16-/m0/s1. The molecule has 1 N–H and O–H groups in total. The second-order valence-corrected chi connectivity index (χ2v) is 7.33. The van der Waals surface area contributed by atoms with Gasteiger partial charge in [0, 0.05) is 26.2 Å². The normalized spacial score (nSPS) is 17.8. The van der Waals surface area contributed by atoms with Crippen molar-refractivity contribution in [2.24, 2.45) is 0 Å². The van der Waals surface area contributed by atoms with Crippen molar-refractivity contribution < 1.29 is 24.2 Å². The van der Waals surface area contributed by atoms with Crippen LogP contribution >= 0.6 is 0 Å². The number of carbonyl (C=O) groups is 2. The molecule has 1 aliphatic heterocycles. The van der Waals surface area contributed by atoms with E-state index < -0.39 is 17.8 Å². The highest BCUT2D eigenvalue weighted by Crippen LogP contribution is 2.18. The van der Waals surface area contributed by atoms with E-state index in [9.17, 15) is 14.7 Å². The fourth-order valence-corrected chi connectivity index (χ4v) is 2.79. The average molecular weight is 364 g/mol. The number of aliphatic hydroxyl groups is 1. The summed E-state index contributed by atoms with van der Waals surface area (Å²) in [6.45, 7) is 6.59. The van der Waals surface area contributed by atoms with Crippen molar-refractivity contribution in [2.45, 2.75) is 45.4 Å². The van der Waals surface area contributed by atoms with Crippen LogP contribution in [0.15, 0.2) is 30.3 Å². The molecule has 0 radical (unpaired) electrons. The molecular weight excluding hydrogens is 336 g/mol. The first-order valence-corrected chi connectivity index (χ1v) is 8.86. The third kappa shape index (κ3) is 5.91. The van der Waals surface area contributed by atoms with E-state index in [0.717, 1.165) is 5.56 Å². The van der Waals surface area contributed by atoms with Crippen LogP contribution in [0.25, 0.3) is 0 Å².